The van der Waals surface area contributed by atoms with E-state index in [1.54, 1.807) is 24.3 Å². The predicted octanol–water partition coefficient (Wildman–Crippen LogP) is 2.34. The molecule has 0 aliphatic heterocycles. The average molecular weight is 259 g/mol. The zero-order valence-electron chi connectivity index (χ0n) is 10.6. The van der Waals surface area contributed by atoms with E-state index in [4.69, 9.17) is 9.84 Å². The fraction of sp³-hybridized carbons (Fsp3) is 0.267. The molecule has 2 aromatic rings. The van der Waals surface area contributed by atoms with Crippen LogP contribution in [0.5, 0.6) is 0 Å². The van der Waals surface area contributed by atoms with E-state index in [2.05, 4.69) is 4.98 Å². The Balaban J connectivity index is 1.94. The van der Waals surface area contributed by atoms with Crippen molar-refractivity contribution < 1.29 is 14.6 Å². The monoisotopic (exact) mass is 259 g/mol. The zero-order chi connectivity index (χ0) is 13.5. The van der Waals surface area contributed by atoms with E-state index in [0.29, 0.717) is 12.0 Å². The van der Waals surface area contributed by atoms with Crippen LogP contribution >= 0.6 is 0 Å². The van der Waals surface area contributed by atoms with Gasteiger partial charge in [0, 0.05) is 24.4 Å². The molecule has 1 unspecified atom stereocenters. The first-order chi connectivity index (χ1) is 9.31. The van der Waals surface area contributed by atoms with Crippen molar-refractivity contribution in [3.05, 3.63) is 59.9 Å². The summed E-state index contributed by atoms with van der Waals surface area (Å²) in [4.78, 5) is 14.9. The van der Waals surface area contributed by atoms with Crippen LogP contribution in [0.4, 0.5) is 0 Å². The SMILES string of the molecule is O=C(OCC(CCO)c1ccc[nH]1)c1ccccc1. The summed E-state index contributed by atoms with van der Waals surface area (Å²) in [6.07, 6.45) is 2.38. The van der Waals surface area contributed by atoms with E-state index in [0.717, 1.165) is 5.69 Å². The molecule has 1 aromatic carbocycles. The van der Waals surface area contributed by atoms with Crippen LogP contribution in [0.3, 0.4) is 0 Å². The van der Waals surface area contributed by atoms with Gasteiger partial charge in [-0.05, 0) is 30.7 Å². The van der Waals surface area contributed by atoms with Crippen LogP contribution in [0.15, 0.2) is 48.7 Å². The van der Waals surface area contributed by atoms with Crippen LogP contribution in [0, 0.1) is 0 Å². The molecule has 4 heteroatoms. The number of aromatic amines is 1. The highest BCUT2D eigenvalue weighted by molar-refractivity contribution is 5.89. The standard InChI is InChI=1S/C15H17NO3/c17-10-8-13(14-7-4-9-16-14)11-19-15(18)12-5-2-1-3-6-12/h1-7,9,13,16-17H,8,10-11H2. The van der Waals surface area contributed by atoms with Crippen LogP contribution in [0.2, 0.25) is 0 Å². The van der Waals surface area contributed by atoms with Gasteiger partial charge in [-0.15, -0.1) is 0 Å². The lowest BCUT2D eigenvalue weighted by Crippen LogP contribution is -2.14. The fourth-order valence-electron chi connectivity index (χ4n) is 1.92. The molecule has 0 aliphatic rings. The Morgan fingerprint density at radius 3 is 2.63 bits per heavy atom. The van der Waals surface area contributed by atoms with Crippen molar-refractivity contribution >= 4 is 5.97 Å². The predicted molar refractivity (Wildman–Crippen MR) is 72.0 cm³/mol. The number of hydrogen-bond donors (Lipinski definition) is 2. The third-order valence-electron chi connectivity index (χ3n) is 2.96. The van der Waals surface area contributed by atoms with Gasteiger partial charge in [0.05, 0.1) is 12.2 Å². The number of ether oxygens (including phenoxy) is 1. The fourth-order valence-corrected chi connectivity index (χ4v) is 1.92. The van der Waals surface area contributed by atoms with E-state index < -0.39 is 0 Å². The second-order valence-corrected chi connectivity index (χ2v) is 4.30. The molecule has 1 atom stereocenters. The van der Waals surface area contributed by atoms with Gasteiger partial charge in [0.1, 0.15) is 0 Å². The van der Waals surface area contributed by atoms with Crippen LogP contribution in [-0.2, 0) is 4.74 Å². The number of H-pyrrole nitrogens is 1. The van der Waals surface area contributed by atoms with Gasteiger partial charge >= 0.3 is 5.97 Å². The lowest BCUT2D eigenvalue weighted by Gasteiger charge is -2.14. The van der Waals surface area contributed by atoms with Crippen LogP contribution in [-0.4, -0.2) is 29.3 Å². The Hall–Kier alpha value is -2.07. The molecule has 1 aromatic heterocycles. The number of nitrogens with one attached hydrogen (secondary N) is 1. The lowest BCUT2D eigenvalue weighted by molar-refractivity contribution is 0.0465. The maximum absolute atomic E-state index is 11.8. The summed E-state index contributed by atoms with van der Waals surface area (Å²) in [5, 5.41) is 9.06. The molecule has 19 heavy (non-hydrogen) atoms. The molecule has 0 radical (unpaired) electrons. The number of aliphatic hydroxyl groups is 1. The molecule has 0 amide bonds. The molecule has 2 rings (SSSR count). The summed E-state index contributed by atoms with van der Waals surface area (Å²) in [5.41, 5.74) is 1.51. The first-order valence-electron chi connectivity index (χ1n) is 6.27. The third-order valence-corrected chi connectivity index (χ3v) is 2.96. The van der Waals surface area contributed by atoms with E-state index in [-0.39, 0.29) is 25.1 Å². The van der Waals surface area contributed by atoms with Gasteiger partial charge in [-0.3, -0.25) is 0 Å². The van der Waals surface area contributed by atoms with E-state index in [1.807, 2.05) is 24.4 Å². The van der Waals surface area contributed by atoms with Gasteiger partial charge in [-0.1, -0.05) is 18.2 Å². The Labute approximate surface area is 112 Å². The summed E-state index contributed by atoms with van der Waals surface area (Å²) in [7, 11) is 0. The summed E-state index contributed by atoms with van der Waals surface area (Å²) in [6.45, 7) is 0.321. The van der Waals surface area contributed by atoms with Gasteiger partial charge in [0.15, 0.2) is 0 Å². The quantitative estimate of drug-likeness (QED) is 0.783. The van der Waals surface area contributed by atoms with E-state index in [9.17, 15) is 4.79 Å². The Morgan fingerprint density at radius 2 is 2.00 bits per heavy atom. The lowest BCUT2D eigenvalue weighted by atomic mass is 10.0. The normalized spacial score (nSPS) is 12.1. The molecule has 0 saturated heterocycles. The van der Waals surface area contributed by atoms with Crippen molar-refractivity contribution in [1.82, 2.24) is 4.98 Å². The smallest absolute Gasteiger partial charge is 0.338 e. The molecule has 100 valence electrons. The largest absolute Gasteiger partial charge is 0.461 e. The molecule has 0 bridgehead atoms. The average Bonchev–Trinajstić information content (AvgIpc) is 2.98. The first kappa shape index (κ1) is 13.4. The van der Waals surface area contributed by atoms with Gasteiger partial charge in [0.2, 0.25) is 0 Å². The number of carbonyl (C=O) groups is 1. The van der Waals surface area contributed by atoms with Gasteiger partial charge < -0.3 is 14.8 Å². The number of aromatic nitrogens is 1. The second kappa shape index (κ2) is 6.75. The number of carbonyl (C=O) groups excluding carboxylic acids is 1. The first-order valence-corrected chi connectivity index (χ1v) is 6.27. The maximum atomic E-state index is 11.8. The molecular weight excluding hydrogens is 242 g/mol. The van der Waals surface area contributed by atoms with E-state index >= 15 is 0 Å². The molecule has 0 aliphatic carbocycles. The number of benzene rings is 1. The highest BCUT2D eigenvalue weighted by Crippen LogP contribution is 2.18. The van der Waals surface area contributed by atoms with Gasteiger partial charge in [0.25, 0.3) is 0 Å². The minimum Gasteiger partial charge on any atom is -0.461 e. The van der Waals surface area contributed by atoms with Crippen molar-refractivity contribution in [1.29, 1.82) is 0 Å². The Bertz CT molecular complexity index is 493. The molecule has 0 fully saturated rings. The Morgan fingerprint density at radius 1 is 1.21 bits per heavy atom. The highest BCUT2D eigenvalue weighted by Gasteiger charge is 2.15. The summed E-state index contributed by atoms with van der Waals surface area (Å²) in [6, 6.07) is 12.7. The van der Waals surface area contributed by atoms with Crippen molar-refractivity contribution in [2.45, 2.75) is 12.3 Å². The van der Waals surface area contributed by atoms with Crippen molar-refractivity contribution in [2.24, 2.45) is 0 Å². The highest BCUT2D eigenvalue weighted by atomic mass is 16.5. The molecular formula is C15H17NO3. The molecule has 1 heterocycles. The van der Waals surface area contributed by atoms with Crippen LogP contribution in [0.1, 0.15) is 28.4 Å². The summed E-state index contributed by atoms with van der Waals surface area (Å²) >= 11 is 0. The number of aliphatic hydroxyl groups excluding tert-OH is 1. The van der Waals surface area contributed by atoms with Crippen molar-refractivity contribution in [2.75, 3.05) is 13.2 Å². The van der Waals surface area contributed by atoms with Crippen LogP contribution < -0.4 is 0 Å². The van der Waals surface area contributed by atoms with Gasteiger partial charge in [-0.25, -0.2) is 4.79 Å². The summed E-state index contributed by atoms with van der Waals surface area (Å²) < 4.78 is 5.30. The molecule has 2 N–H and O–H groups in total. The number of hydrogen-bond acceptors (Lipinski definition) is 3. The number of esters is 1. The summed E-state index contributed by atoms with van der Waals surface area (Å²) in [5.74, 6) is -0.345. The molecule has 0 saturated carbocycles. The Kier molecular flexibility index (Phi) is 4.75. The number of rotatable bonds is 6. The zero-order valence-corrected chi connectivity index (χ0v) is 10.6. The van der Waals surface area contributed by atoms with E-state index in [1.165, 1.54) is 0 Å². The van der Waals surface area contributed by atoms with Crippen LogP contribution in [0.25, 0.3) is 0 Å². The molecule has 4 nitrogen and oxygen atoms in total. The van der Waals surface area contributed by atoms with Crippen molar-refractivity contribution in [3.8, 4) is 0 Å². The third kappa shape index (κ3) is 3.69. The minimum absolute atomic E-state index is 0.00679. The minimum atomic E-state index is -0.338. The van der Waals surface area contributed by atoms with Crippen molar-refractivity contribution in [3.63, 3.8) is 0 Å². The molecule has 0 spiro atoms. The topological polar surface area (TPSA) is 62.3 Å². The second-order valence-electron chi connectivity index (χ2n) is 4.30. The van der Waals surface area contributed by atoms with Gasteiger partial charge in [-0.2, -0.15) is 0 Å². The maximum Gasteiger partial charge on any atom is 0.338 e.